The van der Waals surface area contributed by atoms with E-state index in [4.69, 9.17) is 14.2 Å². The Bertz CT molecular complexity index is 473. The first-order valence-electron chi connectivity index (χ1n) is 6.30. The number of hydrogen-bond acceptors (Lipinski definition) is 5. The Hall–Kier alpha value is -1.75. The molecule has 1 aromatic carbocycles. The first-order chi connectivity index (χ1) is 9.15. The summed E-state index contributed by atoms with van der Waals surface area (Å²) in [5, 5.41) is 3.13. The number of rotatable bonds is 4. The second-order valence-corrected chi connectivity index (χ2v) is 4.47. The second-order valence-electron chi connectivity index (χ2n) is 4.47. The molecule has 0 spiro atoms. The first-order valence-corrected chi connectivity index (χ1v) is 6.30. The molecule has 0 fully saturated rings. The van der Waals surface area contributed by atoms with Gasteiger partial charge in [-0.25, -0.2) is 0 Å². The lowest BCUT2D eigenvalue weighted by Gasteiger charge is -2.23. The molecular formula is C14H19NO4. The van der Waals surface area contributed by atoms with E-state index >= 15 is 0 Å². The van der Waals surface area contributed by atoms with Crippen molar-refractivity contribution in [2.45, 2.75) is 19.4 Å². The highest BCUT2D eigenvalue weighted by Gasteiger charge is 2.21. The molecule has 5 nitrogen and oxygen atoms in total. The van der Waals surface area contributed by atoms with E-state index in [-0.39, 0.29) is 18.4 Å². The van der Waals surface area contributed by atoms with E-state index in [0.717, 1.165) is 22.6 Å². The van der Waals surface area contributed by atoms with Gasteiger partial charge in [0, 0.05) is 6.04 Å². The average molecular weight is 265 g/mol. The lowest BCUT2D eigenvalue weighted by Crippen LogP contribution is -2.22. The minimum atomic E-state index is -0.242. The molecule has 0 saturated heterocycles. The molecule has 0 saturated carbocycles. The quantitative estimate of drug-likeness (QED) is 0.838. The van der Waals surface area contributed by atoms with Gasteiger partial charge in [0.2, 0.25) is 0 Å². The Morgan fingerprint density at radius 2 is 2.00 bits per heavy atom. The molecule has 1 aliphatic rings. The minimum absolute atomic E-state index is 0.0942. The molecule has 1 atom stereocenters. The van der Waals surface area contributed by atoms with Crippen LogP contribution in [0.15, 0.2) is 12.1 Å². The number of carbonyl (C=O) groups is 1. The molecule has 0 bridgehead atoms. The van der Waals surface area contributed by atoms with Crippen molar-refractivity contribution < 1.29 is 19.0 Å². The Kier molecular flexibility index (Phi) is 4.27. The maximum Gasteiger partial charge on any atom is 0.307 e. The number of aryl methyl sites for hydroxylation is 1. The third kappa shape index (κ3) is 2.98. The lowest BCUT2D eigenvalue weighted by atomic mass is 9.98. The van der Waals surface area contributed by atoms with Gasteiger partial charge in [0.1, 0.15) is 13.2 Å². The van der Waals surface area contributed by atoms with Crippen molar-refractivity contribution >= 4 is 5.97 Å². The van der Waals surface area contributed by atoms with E-state index in [1.54, 1.807) is 0 Å². The van der Waals surface area contributed by atoms with Crippen molar-refractivity contribution in [3.05, 3.63) is 23.3 Å². The fourth-order valence-corrected chi connectivity index (χ4v) is 2.20. The van der Waals surface area contributed by atoms with Crippen LogP contribution in [0.4, 0.5) is 0 Å². The van der Waals surface area contributed by atoms with E-state index in [0.29, 0.717) is 13.2 Å². The number of carbonyl (C=O) groups excluding carboxylic acids is 1. The van der Waals surface area contributed by atoms with Crippen LogP contribution in [-0.2, 0) is 9.53 Å². The predicted molar refractivity (Wildman–Crippen MR) is 70.6 cm³/mol. The first kappa shape index (κ1) is 13.7. The summed E-state index contributed by atoms with van der Waals surface area (Å²) < 4.78 is 15.8. The summed E-state index contributed by atoms with van der Waals surface area (Å²) in [4.78, 5) is 11.4. The highest BCUT2D eigenvalue weighted by Crippen LogP contribution is 2.35. The number of fused-ring (bicyclic) bond motifs is 1. The fourth-order valence-electron chi connectivity index (χ4n) is 2.20. The van der Waals surface area contributed by atoms with Crippen LogP contribution in [0.5, 0.6) is 11.5 Å². The highest BCUT2D eigenvalue weighted by molar-refractivity contribution is 5.70. The van der Waals surface area contributed by atoms with Gasteiger partial charge >= 0.3 is 5.97 Å². The molecule has 0 aromatic heterocycles. The molecule has 2 rings (SSSR count). The number of nitrogens with one attached hydrogen (secondary N) is 1. The smallest absolute Gasteiger partial charge is 0.307 e. The molecule has 1 unspecified atom stereocenters. The van der Waals surface area contributed by atoms with E-state index in [1.807, 2.05) is 26.1 Å². The molecule has 1 N–H and O–H groups in total. The lowest BCUT2D eigenvalue weighted by molar-refractivity contribution is -0.141. The molecule has 0 radical (unpaired) electrons. The molecule has 0 amide bonds. The van der Waals surface area contributed by atoms with Crippen LogP contribution in [0.2, 0.25) is 0 Å². The van der Waals surface area contributed by atoms with Gasteiger partial charge in [0.05, 0.1) is 13.5 Å². The highest BCUT2D eigenvalue weighted by atomic mass is 16.6. The Labute approximate surface area is 112 Å². The third-order valence-corrected chi connectivity index (χ3v) is 3.25. The van der Waals surface area contributed by atoms with Crippen molar-refractivity contribution in [3.8, 4) is 11.5 Å². The van der Waals surface area contributed by atoms with Crippen molar-refractivity contribution in [3.63, 3.8) is 0 Å². The number of ether oxygens (including phenoxy) is 3. The topological polar surface area (TPSA) is 56.8 Å². The van der Waals surface area contributed by atoms with Gasteiger partial charge in [-0.15, -0.1) is 0 Å². The minimum Gasteiger partial charge on any atom is -0.486 e. The maximum atomic E-state index is 11.4. The van der Waals surface area contributed by atoms with Gasteiger partial charge in [-0.3, -0.25) is 4.79 Å². The zero-order valence-electron chi connectivity index (χ0n) is 11.5. The molecule has 104 valence electrons. The van der Waals surface area contributed by atoms with Crippen LogP contribution in [0.3, 0.4) is 0 Å². The summed E-state index contributed by atoms with van der Waals surface area (Å²) in [5.74, 6) is 1.26. The van der Waals surface area contributed by atoms with Gasteiger partial charge in [-0.1, -0.05) is 0 Å². The fraction of sp³-hybridized carbons (Fsp3) is 0.500. The van der Waals surface area contributed by atoms with Crippen molar-refractivity contribution in [1.82, 2.24) is 5.32 Å². The standard InChI is InChI=1S/C14H19NO4/c1-9-6-12-13(19-5-4-18-12)7-10(9)11(15-2)8-14(16)17-3/h6-7,11,15H,4-5,8H2,1-3H3. The second kappa shape index (κ2) is 5.93. The van der Waals surface area contributed by atoms with E-state index < -0.39 is 0 Å². The largest absolute Gasteiger partial charge is 0.486 e. The van der Waals surface area contributed by atoms with Crippen molar-refractivity contribution in [2.24, 2.45) is 0 Å². The zero-order chi connectivity index (χ0) is 13.8. The summed E-state index contributed by atoms with van der Waals surface area (Å²) in [7, 11) is 3.22. The molecule has 19 heavy (non-hydrogen) atoms. The van der Waals surface area contributed by atoms with Crippen molar-refractivity contribution in [1.29, 1.82) is 0 Å². The summed E-state index contributed by atoms with van der Waals surface area (Å²) >= 11 is 0. The normalized spacial score (nSPS) is 14.9. The predicted octanol–water partition coefficient (Wildman–Crippen LogP) is 1.59. The third-order valence-electron chi connectivity index (χ3n) is 3.25. The summed E-state index contributed by atoms with van der Waals surface area (Å²) in [5.41, 5.74) is 2.09. The maximum absolute atomic E-state index is 11.4. The molecule has 1 aromatic rings. The van der Waals surface area contributed by atoms with E-state index in [2.05, 4.69) is 5.32 Å². The van der Waals surface area contributed by atoms with Crippen LogP contribution >= 0.6 is 0 Å². The number of methoxy groups -OCH3 is 1. The number of benzene rings is 1. The van der Waals surface area contributed by atoms with Gasteiger partial charge in [0.25, 0.3) is 0 Å². The summed E-state index contributed by atoms with van der Waals surface area (Å²) in [6, 6.07) is 3.79. The van der Waals surface area contributed by atoms with Crippen LogP contribution < -0.4 is 14.8 Å². The molecule has 5 heteroatoms. The van der Waals surface area contributed by atoms with Gasteiger partial charge in [-0.2, -0.15) is 0 Å². The number of hydrogen-bond donors (Lipinski definition) is 1. The zero-order valence-corrected chi connectivity index (χ0v) is 11.5. The van der Waals surface area contributed by atoms with E-state index in [9.17, 15) is 4.79 Å². The Morgan fingerprint density at radius 1 is 1.37 bits per heavy atom. The Morgan fingerprint density at radius 3 is 2.58 bits per heavy atom. The van der Waals surface area contributed by atoms with Gasteiger partial charge in [0.15, 0.2) is 11.5 Å². The summed E-state index contributed by atoms with van der Waals surface area (Å²) in [6.45, 7) is 3.12. The van der Waals surface area contributed by atoms with Crippen LogP contribution in [0.25, 0.3) is 0 Å². The Balaban J connectivity index is 2.29. The van der Waals surface area contributed by atoms with Crippen LogP contribution in [-0.4, -0.2) is 33.3 Å². The molecule has 1 aliphatic heterocycles. The van der Waals surface area contributed by atoms with E-state index in [1.165, 1.54) is 7.11 Å². The SMILES string of the molecule is CNC(CC(=O)OC)c1cc2c(cc1C)OCCO2. The number of esters is 1. The molecule has 1 heterocycles. The molecule has 0 aliphatic carbocycles. The van der Waals surface area contributed by atoms with Crippen LogP contribution in [0, 0.1) is 6.92 Å². The monoisotopic (exact) mass is 265 g/mol. The van der Waals surface area contributed by atoms with Gasteiger partial charge in [-0.05, 0) is 37.2 Å². The van der Waals surface area contributed by atoms with Gasteiger partial charge < -0.3 is 19.5 Å². The summed E-state index contributed by atoms with van der Waals surface area (Å²) in [6.07, 6.45) is 0.285. The molecular weight excluding hydrogens is 246 g/mol. The van der Waals surface area contributed by atoms with Crippen molar-refractivity contribution in [2.75, 3.05) is 27.4 Å². The van der Waals surface area contributed by atoms with Crippen LogP contribution in [0.1, 0.15) is 23.6 Å². The average Bonchev–Trinajstić information content (AvgIpc) is 2.44.